The molecule has 0 N–H and O–H groups in total. The van der Waals surface area contributed by atoms with E-state index in [1.165, 1.54) is 23.9 Å². The van der Waals surface area contributed by atoms with Crippen molar-refractivity contribution in [2.24, 2.45) is 0 Å². The molecule has 0 aliphatic heterocycles. The number of nitro benzene ring substituents is 1. The van der Waals surface area contributed by atoms with Crippen LogP contribution in [-0.2, 0) is 5.75 Å². The predicted molar refractivity (Wildman–Crippen MR) is 90.0 cm³/mol. The molecule has 1 heterocycles. The summed E-state index contributed by atoms with van der Waals surface area (Å²) in [4.78, 5) is 10.3. The van der Waals surface area contributed by atoms with Gasteiger partial charge < -0.3 is 0 Å². The molecule has 0 amide bonds. The molecule has 0 atom stereocenters. The van der Waals surface area contributed by atoms with Gasteiger partial charge in [0.05, 0.1) is 10.6 Å². The number of hydrogen-bond donors (Lipinski definition) is 0. The number of benzene rings is 2. The third-order valence-corrected chi connectivity index (χ3v) is 4.34. The summed E-state index contributed by atoms with van der Waals surface area (Å²) in [7, 11) is 0. The first-order chi connectivity index (χ1) is 12.0. The first kappa shape index (κ1) is 17.0. The van der Waals surface area contributed by atoms with E-state index in [1.54, 1.807) is 24.3 Å². The lowest BCUT2D eigenvalue weighted by Gasteiger charge is -2.04. The molecule has 0 unspecified atom stereocenters. The Bertz CT molecular complexity index is 920. The third kappa shape index (κ3) is 4.16. The number of thioether (sulfide) groups is 1. The SMILES string of the molecule is O=[N+]([O-])c1cccc(-c2ccc(SCc3cc(F)ccc3F)nn2)c1. The minimum atomic E-state index is -0.496. The van der Waals surface area contributed by atoms with E-state index in [2.05, 4.69) is 10.2 Å². The molecule has 0 aliphatic carbocycles. The van der Waals surface area contributed by atoms with Crippen LogP contribution in [0.1, 0.15) is 5.56 Å². The van der Waals surface area contributed by atoms with Crippen molar-refractivity contribution >= 4 is 17.4 Å². The molecule has 8 heteroatoms. The van der Waals surface area contributed by atoms with E-state index in [0.717, 1.165) is 18.2 Å². The van der Waals surface area contributed by atoms with Gasteiger partial charge in [0.25, 0.3) is 5.69 Å². The van der Waals surface area contributed by atoms with Crippen LogP contribution in [-0.4, -0.2) is 15.1 Å². The van der Waals surface area contributed by atoms with Crippen molar-refractivity contribution in [3.05, 3.63) is 81.9 Å². The summed E-state index contributed by atoms with van der Waals surface area (Å²) in [5, 5.41) is 19.4. The maximum absolute atomic E-state index is 13.6. The van der Waals surface area contributed by atoms with Gasteiger partial charge in [0.2, 0.25) is 0 Å². The highest BCUT2D eigenvalue weighted by Crippen LogP contribution is 2.25. The Morgan fingerprint density at radius 1 is 1.04 bits per heavy atom. The van der Waals surface area contributed by atoms with E-state index >= 15 is 0 Å². The van der Waals surface area contributed by atoms with E-state index in [1.807, 2.05) is 0 Å². The summed E-state index contributed by atoms with van der Waals surface area (Å²) < 4.78 is 26.7. The first-order valence-electron chi connectivity index (χ1n) is 7.18. The van der Waals surface area contributed by atoms with Gasteiger partial charge >= 0.3 is 0 Å². The Morgan fingerprint density at radius 3 is 2.60 bits per heavy atom. The number of nitro groups is 1. The molecule has 0 radical (unpaired) electrons. The molecule has 0 fully saturated rings. The third-order valence-electron chi connectivity index (χ3n) is 3.38. The number of non-ortho nitro benzene ring substituents is 1. The summed E-state index contributed by atoms with van der Waals surface area (Å²) in [6, 6.07) is 12.7. The number of hydrogen-bond acceptors (Lipinski definition) is 5. The van der Waals surface area contributed by atoms with Crippen LogP contribution in [0.2, 0.25) is 0 Å². The van der Waals surface area contributed by atoms with Crippen molar-refractivity contribution in [1.82, 2.24) is 10.2 Å². The van der Waals surface area contributed by atoms with E-state index < -0.39 is 16.6 Å². The van der Waals surface area contributed by atoms with Crippen molar-refractivity contribution in [1.29, 1.82) is 0 Å². The topological polar surface area (TPSA) is 68.9 Å². The lowest BCUT2D eigenvalue weighted by atomic mass is 10.1. The Hall–Kier alpha value is -2.87. The summed E-state index contributed by atoms with van der Waals surface area (Å²) in [6.07, 6.45) is 0. The molecule has 0 saturated carbocycles. The van der Waals surface area contributed by atoms with Gasteiger partial charge in [-0.25, -0.2) is 8.78 Å². The number of halogens is 2. The molecule has 126 valence electrons. The molecule has 3 rings (SSSR count). The van der Waals surface area contributed by atoms with Crippen molar-refractivity contribution < 1.29 is 13.7 Å². The average Bonchev–Trinajstić information content (AvgIpc) is 2.63. The van der Waals surface area contributed by atoms with Gasteiger partial charge in [0.15, 0.2) is 0 Å². The van der Waals surface area contributed by atoms with Gasteiger partial charge in [-0.05, 0) is 30.3 Å². The van der Waals surface area contributed by atoms with Gasteiger partial charge in [0, 0.05) is 29.0 Å². The molecule has 25 heavy (non-hydrogen) atoms. The largest absolute Gasteiger partial charge is 0.270 e. The van der Waals surface area contributed by atoms with Gasteiger partial charge in [0.1, 0.15) is 16.7 Å². The van der Waals surface area contributed by atoms with Gasteiger partial charge in [-0.2, -0.15) is 0 Å². The van der Waals surface area contributed by atoms with E-state index in [4.69, 9.17) is 0 Å². The zero-order valence-electron chi connectivity index (χ0n) is 12.7. The molecule has 0 saturated heterocycles. The lowest BCUT2D eigenvalue weighted by Crippen LogP contribution is -1.93. The smallest absolute Gasteiger partial charge is 0.258 e. The van der Waals surface area contributed by atoms with Crippen LogP contribution in [0.25, 0.3) is 11.3 Å². The monoisotopic (exact) mass is 359 g/mol. The van der Waals surface area contributed by atoms with Crippen molar-refractivity contribution in [2.75, 3.05) is 0 Å². The van der Waals surface area contributed by atoms with E-state index in [9.17, 15) is 18.9 Å². The zero-order valence-corrected chi connectivity index (χ0v) is 13.5. The second kappa shape index (κ2) is 7.35. The summed E-state index contributed by atoms with van der Waals surface area (Å²) in [5.74, 6) is -0.756. The van der Waals surface area contributed by atoms with Crippen LogP contribution < -0.4 is 0 Å². The summed E-state index contributed by atoms with van der Waals surface area (Å²) >= 11 is 1.22. The second-order valence-electron chi connectivity index (χ2n) is 5.09. The highest BCUT2D eigenvalue weighted by molar-refractivity contribution is 7.98. The Kier molecular flexibility index (Phi) is 4.99. The first-order valence-corrected chi connectivity index (χ1v) is 8.17. The summed E-state index contributed by atoms with van der Waals surface area (Å²) in [6.45, 7) is 0. The van der Waals surface area contributed by atoms with Crippen LogP contribution in [0.4, 0.5) is 14.5 Å². The van der Waals surface area contributed by atoms with Gasteiger partial charge in [-0.1, -0.05) is 23.9 Å². The number of nitrogens with zero attached hydrogens (tertiary/aromatic N) is 3. The molecule has 0 bridgehead atoms. The maximum atomic E-state index is 13.6. The minimum absolute atomic E-state index is 0.0284. The highest BCUT2D eigenvalue weighted by Gasteiger charge is 2.09. The molecule has 1 aromatic heterocycles. The van der Waals surface area contributed by atoms with Crippen LogP contribution in [0.5, 0.6) is 0 Å². The Labute approximate surface area is 145 Å². The molecule has 2 aromatic carbocycles. The second-order valence-corrected chi connectivity index (χ2v) is 6.08. The fourth-order valence-corrected chi connectivity index (χ4v) is 2.92. The van der Waals surface area contributed by atoms with E-state index in [-0.39, 0.29) is 17.0 Å². The van der Waals surface area contributed by atoms with E-state index in [0.29, 0.717) is 16.3 Å². The standard InChI is InChI=1S/C17H11F2N3O2S/c18-13-4-5-15(19)12(8-13)10-25-17-7-6-16(20-21-17)11-2-1-3-14(9-11)22(23)24/h1-9H,10H2. The van der Waals surface area contributed by atoms with Gasteiger partial charge in [-0.3, -0.25) is 10.1 Å². The molecule has 3 aromatic rings. The predicted octanol–water partition coefficient (Wildman–Crippen LogP) is 4.62. The molecular formula is C17H11F2N3O2S. The van der Waals surface area contributed by atoms with Crippen molar-refractivity contribution in [3.8, 4) is 11.3 Å². The Balaban J connectivity index is 1.73. The zero-order chi connectivity index (χ0) is 17.8. The molecule has 5 nitrogen and oxygen atoms in total. The molecule has 0 spiro atoms. The van der Waals surface area contributed by atoms with Crippen molar-refractivity contribution in [3.63, 3.8) is 0 Å². The lowest BCUT2D eigenvalue weighted by molar-refractivity contribution is -0.384. The van der Waals surface area contributed by atoms with Crippen LogP contribution in [0.15, 0.2) is 59.6 Å². The number of rotatable bonds is 5. The maximum Gasteiger partial charge on any atom is 0.270 e. The fourth-order valence-electron chi connectivity index (χ4n) is 2.14. The quantitative estimate of drug-likeness (QED) is 0.378. The molecular weight excluding hydrogens is 348 g/mol. The van der Waals surface area contributed by atoms with Gasteiger partial charge in [-0.15, -0.1) is 10.2 Å². The van der Waals surface area contributed by atoms with Crippen LogP contribution in [0.3, 0.4) is 0 Å². The molecule has 0 aliphatic rings. The minimum Gasteiger partial charge on any atom is -0.258 e. The normalized spacial score (nSPS) is 10.6. The highest BCUT2D eigenvalue weighted by atomic mass is 32.2. The fraction of sp³-hybridized carbons (Fsp3) is 0.0588. The number of aromatic nitrogens is 2. The van der Waals surface area contributed by atoms with Crippen LogP contribution >= 0.6 is 11.8 Å². The van der Waals surface area contributed by atoms with Crippen LogP contribution in [0, 0.1) is 21.7 Å². The average molecular weight is 359 g/mol. The summed E-state index contributed by atoms with van der Waals surface area (Å²) in [5.41, 5.74) is 1.29. The Morgan fingerprint density at radius 2 is 1.88 bits per heavy atom. The van der Waals surface area contributed by atoms with Crippen molar-refractivity contribution in [2.45, 2.75) is 10.8 Å².